The van der Waals surface area contributed by atoms with Crippen LogP contribution in [0.1, 0.15) is 37.1 Å². The van der Waals surface area contributed by atoms with Crippen LogP contribution < -0.4 is 21.7 Å². The number of hydrogen-bond donors (Lipinski definition) is 5. The Hall–Kier alpha value is -4.34. The maximum absolute atomic E-state index is 13.7. The summed E-state index contributed by atoms with van der Waals surface area (Å²) in [4.78, 5) is 56.0. The van der Waals surface area contributed by atoms with E-state index in [4.69, 9.17) is 5.73 Å². The second kappa shape index (κ2) is 11.4. The molecule has 0 unspecified atom stereocenters. The molecule has 0 bridgehead atoms. The summed E-state index contributed by atoms with van der Waals surface area (Å²) in [5.41, 5.74) is 9.56. The first kappa shape index (κ1) is 26.7. The molecule has 10 nitrogen and oxygen atoms in total. The number of carbonyl (C=O) groups is 4. The lowest BCUT2D eigenvalue weighted by Gasteiger charge is -2.35. The molecule has 3 aromatic rings. The molecule has 0 aliphatic carbocycles. The van der Waals surface area contributed by atoms with Gasteiger partial charge in [0.05, 0.1) is 13.1 Å². The number of rotatable bonds is 8. The van der Waals surface area contributed by atoms with E-state index in [0.29, 0.717) is 12.1 Å². The first-order chi connectivity index (χ1) is 18.1. The van der Waals surface area contributed by atoms with E-state index in [0.717, 1.165) is 27.7 Å². The molecule has 10 heteroatoms. The van der Waals surface area contributed by atoms with Crippen molar-refractivity contribution in [2.75, 3.05) is 11.9 Å². The van der Waals surface area contributed by atoms with Gasteiger partial charge in [-0.1, -0.05) is 44.2 Å². The number of aryl methyl sites for hydroxylation is 1. The lowest BCUT2D eigenvalue weighted by molar-refractivity contribution is -0.132. The van der Waals surface area contributed by atoms with Gasteiger partial charge in [0.2, 0.25) is 17.7 Å². The van der Waals surface area contributed by atoms with Crippen molar-refractivity contribution in [3.63, 3.8) is 0 Å². The molecular weight excluding hydrogens is 484 g/mol. The quantitative estimate of drug-likeness (QED) is 0.311. The number of benzene rings is 2. The van der Waals surface area contributed by atoms with Crippen LogP contribution in [0.5, 0.6) is 0 Å². The van der Waals surface area contributed by atoms with Crippen LogP contribution >= 0.6 is 0 Å². The number of fused-ring (bicyclic) bond motifs is 3. The number of nitrogens with zero attached hydrogens (tertiary/aromatic N) is 1. The number of anilines is 1. The van der Waals surface area contributed by atoms with Crippen LogP contribution in [0.25, 0.3) is 10.9 Å². The molecule has 0 spiro atoms. The molecule has 0 saturated heterocycles. The Labute approximate surface area is 221 Å². The molecule has 6 N–H and O–H groups in total. The van der Waals surface area contributed by atoms with E-state index in [1.165, 1.54) is 4.90 Å². The van der Waals surface area contributed by atoms with E-state index < -0.39 is 35.8 Å². The van der Waals surface area contributed by atoms with E-state index in [9.17, 15) is 19.2 Å². The third-order valence-corrected chi connectivity index (χ3v) is 6.61. The second-order valence-electron chi connectivity index (χ2n) is 10.1. The number of amides is 5. The molecule has 2 heterocycles. The minimum atomic E-state index is -0.882. The largest absolute Gasteiger partial charge is 0.368 e. The highest BCUT2D eigenvalue weighted by Crippen LogP contribution is 2.31. The summed E-state index contributed by atoms with van der Waals surface area (Å²) >= 11 is 0. The fourth-order valence-corrected chi connectivity index (χ4v) is 4.84. The Morgan fingerprint density at radius 2 is 1.87 bits per heavy atom. The molecule has 4 rings (SSSR count). The third kappa shape index (κ3) is 6.13. The lowest BCUT2D eigenvalue weighted by Crippen LogP contribution is -2.57. The molecule has 1 aliphatic rings. The van der Waals surface area contributed by atoms with Gasteiger partial charge in [0, 0.05) is 28.7 Å². The van der Waals surface area contributed by atoms with Gasteiger partial charge in [-0.3, -0.25) is 14.4 Å². The zero-order chi connectivity index (χ0) is 27.4. The summed E-state index contributed by atoms with van der Waals surface area (Å²) in [6.45, 7) is 5.67. The normalized spacial score (nSPS) is 15.6. The predicted molar refractivity (Wildman–Crippen MR) is 145 cm³/mol. The number of nitrogens with two attached hydrogens (primary N) is 1. The van der Waals surface area contributed by atoms with Gasteiger partial charge >= 0.3 is 6.03 Å². The molecule has 2 aromatic carbocycles. The van der Waals surface area contributed by atoms with Gasteiger partial charge in [0.1, 0.15) is 12.1 Å². The summed E-state index contributed by atoms with van der Waals surface area (Å²) in [6, 6.07) is 13.1. The molecule has 1 aromatic heterocycles. The highest BCUT2D eigenvalue weighted by molar-refractivity contribution is 5.97. The van der Waals surface area contributed by atoms with E-state index in [1.54, 1.807) is 6.07 Å². The molecule has 0 saturated carbocycles. The topological polar surface area (TPSA) is 149 Å². The van der Waals surface area contributed by atoms with E-state index in [1.807, 2.05) is 63.2 Å². The summed E-state index contributed by atoms with van der Waals surface area (Å²) in [5, 5.41) is 9.22. The van der Waals surface area contributed by atoms with Crippen molar-refractivity contribution in [1.29, 1.82) is 0 Å². The van der Waals surface area contributed by atoms with Crippen molar-refractivity contribution in [1.82, 2.24) is 20.5 Å². The molecule has 0 radical (unpaired) electrons. The molecule has 2 atom stereocenters. The Bertz CT molecular complexity index is 1360. The second-order valence-corrected chi connectivity index (χ2v) is 10.1. The van der Waals surface area contributed by atoms with Crippen LogP contribution in [0.3, 0.4) is 0 Å². The highest BCUT2D eigenvalue weighted by Gasteiger charge is 2.38. The molecule has 5 amide bonds. The first-order valence-corrected chi connectivity index (χ1v) is 12.7. The van der Waals surface area contributed by atoms with Crippen molar-refractivity contribution in [3.8, 4) is 0 Å². The fraction of sp³-hybridized carbons (Fsp3) is 0.357. The van der Waals surface area contributed by atoms with Crippen LogP contribution in [-0.4, -0.2) is 52.3 Å². The molecular formula is C28H34N6O4. The Kier molecular flexibility index (Phi) is 7.99. The van der Waals surface area contributed by atoms with Crippen LogP contribution in [0.4, 0.5) is 10.5 Å². The van der Waals surface area contributed by atoms with Crippen LogP contribution in [0.2, 0.25) is 0 Å². The number of hydrogen-bond acceptors (Lipinski definition) is 4. The minimum Gasteiger partial charge on any atom is -0.368 e. The highest BCUT2D eigenvalue weighted by atomic mass is 16.2. The van der Waals surface area contributed by atoms with Crippen molar-refractivity contribution in [2.24, 2.45) is 11.7 Å². The zero-order valence-corrected chi connectivity index (χ0v) is 21.8. The fourth-order valence-electron chi connectivity index (χ4n) is 4.84. The number of nitrogens with one attached hydrogen (secondary N) is 4. The van der Waals surface area contributed by atoms with Crippen molar-refractivity contribution in [2.45, 2.75) is 52.2 Å². The lowest BCUT2D eigenvalue weighted by atomic mass is 9.95. The maximum Gasteiger partial charge on any atom is 0.322 e. The van der Waals surface area contributed by atoms with Gasteiger partial charge in [0.15, 0.2) is 0 Å². The third-order valence-electron chi connectivity index (χ3n) is 6.61. The van der Waals surface area contributed by atoms with Crippen LogP contribution in [0, 0.1) is 12.8 Å². The Morgan fingerprint density at radius 3 is 2.58 bits per heavy atom. The Morgan fingerprint density at radius 1 is 1.11 bits per heavy atom. The van der Waals surface area contributed by atoms with Crippen molar-refractivity contribution in [3.05, 3.63) is 65.4 Å². The number of aromatic amines is 1. The van der Waals surface area contributed by atoms with Crippen LogP contribution in [0.15, 0.2) is 48.5 Å². The number of urea groups is 1. The SMILES string of the molecule is Cc1cccc(NC(=O)N2Cc3[nH]c4ccccc4c3C[C@@H]2C(=O)N[C@@H](CC(C)C)C(=O)NCC(N)=O)c1. The van der Waals surface area contributed by atoms with Gasteiger partial charge in [-0.25, -0.2) is 4.79 Å². The van der Waals surface area contributed by atoms with Gasteiger partial charge < -0.3 is 31.6 Å². The summed E-state index contributed by atoms with van der Waals surface area (Å²) in [5.74, 6) is -1.52. The average Bonchev–Trinajstić information content (AvgIpc) is 3.23. The Balaban J connectivity index is 1.62. The summed E-state index contributed by atoms with van der Waals surface area (Å²) < 4.78 is 0. The molecule has 0 fully saturated rings. The zero-order valence-electron chi connectivity index (χ0n) is 21.8. The average molecular weight is 519 g/mol. The number of carbonyl (C=O) groups excluding carboxylic acids is 4. The molecule has 38 heavy (non-hydrogen) atoms. The summed E-state index contributed by atoms with van der Waals surface area (Å²) in [6.07, 6.45) is 0.639. The van der Waals surface area contributed by atoms with Gasteiger partial charge in [-0.15, -0.1) is 0 Å². The number of H-pyrrole nitrogens is 1. The maximum atomic E-state index is 13.7. The van der Waals surface area contributed by atoms with Crippen molar-refractivity contribution < 1.29 is 19.2 Å². The van der Waals surface area contributed by atoms with Crippen molar-refractivity contribution >= 4 is 40.3 Å². The predicted octanol–water partition coefficient (Wildman–Crippen LogP) is 2.57. The van der Waals surface area contributed by atoms with Gasteiger partial charge in [0.25, 0.3) is 0 Å². The van der Waals surface area contributed by atoms with Gasteiger partial charge in [-0.2, -0.15) is 0 Å². The number of para-hydroxylation sites is 1. The van der Waals surface area contributed by atoms with E-state index >= 15 is 0 Å². The van der Waals surface area contributed by atoms with E-state index in [-0.39, 0.29) is 25.4 Å². The minimum absolute atomic E-state index is 0.0897. The monoisotopic (exact) mass is 518 g/mol. The van der Waals surface area contributed by atoms with E-state index in [2.05, 4.69) is 20.9 Å². The molecule has 200 valence electrons. The smallest absolute Gasteiger partial charge is 0.322 e. The first-order valence-electron chi connectivity index (χ1n) is 12.7. The molecule has 1 aliphatic heterocycles. The standard InChI is InChI=1S/C28H34N6O4/c1-16(2)11-22(26(36)30-14-25(29)35)33-27(37)24-13-20-19-9-4-5-10-21(19)32-23(20)15-34(24)28(38)31-18-8-6-7-17(3)12-18/h4-10,12,16,22,24,32H,11,13-15H2,1-3H3,(H2,29,35)(H,30,36)(H,31,38)(H,33,37)/t22-,24+/m0/s1. The van der Waals surface area contributed by atoms with Crippen LogP contribution in [-0.2, 0) is 27.3 Å². The number of primary amides is 1. The number of aromatic nitrogens is 1. The summed E-state index contributed by atoms with van der Waals surface area (Å²) in [7, 11) is 0. The van der Waals surface area contributed by atoms with Gasteiger partial charge in [-0.05, 0) is 48.6 Å².